The van der Waals surface area contributed by atoms with Gasteiger partial charge in [0.25, 0.3) is 0 Å². The van der Waals surface area contributed by atoms with E-state index in [1.165, 1.54) is 12.8 Å². The van der Waals surface area contributed by atoms with E-state index in [0.29, 0.717) is 12.0 Å². The third kappa shape index (κ3) is 1.51. The van der Waals surface area contributed by atoms with Crippen molar-refractivity contribution in [1.82, 2.24) is 4.90 Å². The van der Waals surface area contributed by atoms with Gasteiger partial charge in [-0.25, -0.2) is 0 Å². The van der Waals surface area contributed by atoms with Crippen LogP contribution in [0.4, 0.5) is 0 Å². The van der Waals surface area contributed by atoms with Gasteiger partial charge in [0.1, 0.15) is 0 Å². The number of likely N-dealkylation sites (tertiary alicyclic amines) is 1. The second-order valence-electron chi connectivity index (χ2n) is 3.44. The van der Waals surface area contributed by atoms with Crippen LogP contribution in [0.2, 0.25) is 0 Å². The minimum absolute atomic E-state index is 0. The molecule has 1 saturated heterocycles. The zero-order valence-corrected chi connectivity index (χ0v) is 9.25. The van der Waals surface area contributed by atoms with Crippen molar-refractivity contribution < 1.29 is 37.5 Å². The molecule has 1 amide bonds. The molecule has 3 nitrogen and oxygen atoms in total. The monoisotopic (exact) mass is 228 g/mol. The first-order chi connectivity index (χ1) is 4.77. The predicted octanol–water partition coefficient (Wildman–Crippen LogP) is -0.526. The number of nitrogens with zero attached hydrogens (tertiary/aromatic N) is 1. The number of rotatable bonds is 1. The molecule has 1 saturated carbocycles. The molecule has 0 bridgehead atoms. The quantitative estimate of drug-likeness (QED) is 0.613. The molecule has 0 aromatic heterocycles. The number of nitrogens with two attached hydrogens (primary N) is 1. The van der Waals surface area contributed by atoms with Crippen molar-refractivity contribution in [3.63, 3.8) is 0 Å². The van der Waals surface area contributed by atoms with Gasteiger partial charge in [0.2, 0.25) is 0 Å². The van der Waals surface area contributed by atoms with E-state index >= 15 is 0 Å². The Labute approximate surface area is 91.6 Å². The van der Waals surface area contributed by atoms with E-state index in [4.69, 9.17) is 5.73 Å². The van der Waals surface area contributed by atoms with Crippen LogP contribution in [-0.4, -0.2) is 30.4 Å². The minimum atomic E-state index is 0. The smallest absolute Gasteiger partial charge is 0.0264 e. The standard InChI is InChI=1S/C7H11N2O.Y/c8-6-3-9(5-10)4-7(6)1-2-7;/h6H,1-4,8H2;/q-1;. The number of carbonyl (C=O) groups excluding carboxylic acids is 1. The molecule has 1 aliphatic heterocycles. The van der Waals surface area contributed by atoms with Crippen molar-refractivity contribution in [3.8, 4) is 0 Å². The van der Waals surface area contributed by atoms with Crippen LogP contribution in [0.3, 0.4) is 0 Å². The Morgan fingerprint density at radius 3 is 2.45 bits per heavy atom. The van der Waals surface area contributed by atoms with Crippen molar-refractivity contribution in [2.45, 2.75) is 18.9 Å². The van der Waals surface area contributed by atoms with E-state index in [0.717, 1.165) is 6.54 Å². The molecular weight excluding hydrogens is 217 g/mol. The molecule has 0 aromatic rings. The zero-order valence-electron chi connectivity index (χ0n) is 6.42. The molecule has 2 N–H and O–H groups in total. The summed E-state index contributed by atoms with van der Waals surface area (Å²) in [7, 11) is 0. The summed E-state index contributed by atoms with van der Waals surface area (Å²) in [6, 6.07) is 0.217. The number of hydrogen-bond acceptors (Lipinski definition) is 2. The second-order valence-corrected chi connectivity index (χ2v) is 3.44. The first kappa shape index (κ1) is 9.62. The van der Waals surface area contributed by atoms with Gasteiger partial charge in [-0.05, 0) is 19.4 Å². The van der Waals surface area contributed by atoms with Crippen molar-refractivity contribution >= 4 is 6.41 Å². The summed E-state index contributed by atoms with van der Waals surface area (Å²) in [5, 5.41) is 0. The maximum Gasteiger partial charge on any atom is 0.0264 e. The van der Waals surface area contributed by atoms with Crippen LogP contribution in [0.25, 0.3) is 0 Å². The molecule has 2 fully saturated rings. The van der Waals surface area contributed by atoms with Crippen LogP contribution in [0, 0.1) is 5.41 Å². The molecule has 2 aliphatic rings. The summed E-state index contributed by atoms with van der Waals surface area (Å²) in [5.74, 6) is 0. The van der Waals surface area contributed by atoms with E-state index in [1.807, 2.05) is 6.41 Å². The predicted molar refractivity (Wildman–Crippen MR) is 36.9 cm³/mol. The van der Waals surface area contributed by atoms with Crippen LogP contribution < -0.4 is 5.73 Å². The molecule has 0 aromatic carbocycles. The maximum atomic E-state index is 10.2. The summed E-state index contributed by atoms with van der Waals surface area (Å²) in [6.45, 7) is 1.56. The van der Waals surface area contributed by atoms with E-state index in [-0.39, 0.29) is 38.8 Å². The zero-order chi connectivity index (χ0) is 7.19. The largest absolute Gasteiger partial charge is 0.520 e. The Hall–Kier alpha value is 0.534. The van der Waals surface area contributed by atoms with Gasteiger partial charge in [-0.3, -0.25) is 0 Å². The third-order valence-electron chi connectivity index (χ3n) is 2.73. The number of amides is 1. The average molecular weight is 228 g/mol. The summed E-state index contributed by atoms with van der Waals surface area (Å²) < 4.78 is 0. The van der Waals surface area contributed by atoms with Gasteiger partial charge in [0, 0.05) is 50.7 Å². The average Bonchev–Trinajstić information content (AvgIpc) is 2.60. The fourth-order valence-corrected chi connectivity index (χ4v) is 1.75. The van der Waals surface area contributed by atoms with Gasteiger partial charge in [-0.1, -0.05) is 0 Å². The van der Waals surface area contributed by atoms with Gasteiger partial charge in [0.05, 0.1) is 0 Å². The van der Waals surface area contributed by atoms with Crippen LogP contribution in [0.5, 0.6) is 0 Å². The van der Waals surface area contributed by atoms with E-state index < -0.39 is 0 Å². The van der Waals surface area contributed by atoms with Crippen molar-refractivity contribution in [2.75, 3.05) is 13.1 Å². The third-order valence-corrected chi connectivity index (χ3v) is 2.73. The van der Waals surface area contributed by atoms with Crippen molar-refractivity contribution in [1.29, 1.82) is 0 Å². The van der Waals surface area contributed by atoms with Gasteiger partial charge >= 0.3 is 0 Å². The van der Waals surface area contributed by atoms with Gasteiger partial charge in [-0.2, -0.15) is 6.41 Å². The van der Waals surface area contributed by atoms with Crippen molar-refractivity contribution in [3.05, 3.63) is 0 Å². The maximum absolute atomic E-state index is 10.2. The van der Waals surface area contributed by atoms with Crippen LogP contribution in [0.15, 0.2) is 0 Å². The molecule has 1 aliphatic carbocycles. The Morgan fingerprint density at radius 1 is 1.55 bits per heavy atom. The first-order valence-electron chi connectivity index (χ1n) is 3.65. The van der Waals surface area contributed by atoms with Crippen LogP contribution >= 0.6 is 0 Å². The van der Waals surface area contributed by atoms with Gasteiger partial charge < -0.3 is 15.4 Å². The normalized spacial score (nSPS) is 31.7. The molecular formula is C7H11N2OY-. The molecule has 4 heteroatoms. The second kappa shape index (κ2) is 3.11. The molecule has 1 heterocycles. The van der Waals surface area contributed by atoms with Gasteiger partial charge in [0.15, 0.2) is 0 Å². The fourth-order valence-electron chi connectivity index (χ4n) is 1.75. The van der Waals surface area contributed by atoms with Gasteiger partial charge in [-0.15, -0.1) is 0 Å². The van der Waals surface area contributed by atoms with E-state index in [2.05, 4.69) is 0 Å². The Balaban J connectivity index is 0.000000605. The minimum Gasteiger partial charge on any atom is -0.520 e. The SMILES string of the molecule is NC1CN([C-]=O)CC12CC2.[Y]. The molecule has 1 unspecified atom stereocenters. The van der Waals surface area contributed by atoms with Crippen molar-refractivity contribution in [2.24, 2.45) is 11.1 Å². The molecule has 1 spiro atoms. The topological polar surface area (TPSA) is 46.3 Å². The Bertz CT molecular complexity index is 170. The Morgan fingerprint density at radius 2 is 2.18 bits per heavy atom. The summed E-state index contributed by atoms with van der Waals surface area (Å²) in [6.07, 6.45) is 4.29. The molecule has 1 atom stereocenters. The molecule has 1 radical (unpaired) electrons. The van der Waals surface area contributed by atoms with E-state index in [1.54, 1.807) is 4.90 Å². The summed E-state index contributed by atoms with van der Waals surface area (Å²) >= 11 is 0. The van der Waals surface area contributed by atoms with Crippen LogP contribution in [0.1, 0.15) is 12.8 Å². The summed E-state index contributed by atoms with van der Waals surface area (Å²) in [4.78, 5) is 11.9. The Kier molecular flexibility index (Phi) is 2.72. The summed E-state index contributed by atoms with van der Waals surface area (Å²) in [5.41, 5.74) is 6.14. The molecule has 59 valence electrons. The van der Waals surface area contributed by atoms with Crippen LogP contribution in [-0.2, 0) is 37.5 Å². The first-order valence-corrected chi connectivity index (χ1v) is 3.65. The molecule has 11 heavy (non-hydrogen) atoms. The number of hydrogen-bond donors (Lipinski definition) is 1. The fraction of sp³-hybridized carbons (Fsp3) is 0.857. The molecule has 2 rings (SSSR count). The van der Waals surface area contributed by atoms with E-state index in [9.17, 15) is 4.79 Å².